The van der Waals surface area contributed by atoms with E-state index in [-0.39, 0.29) is 17.8 Å². The minimum Gasteiger partial charge on any atom is -0.352 e. The summed E-state index contributed by atoms with van der Waals surface area (Å²) in [7, 11) is 0. The Bertz CT molecular complexity index is 337. The van der Waals surface area contributed by atoms with Crippen LogP contribution in [0.15, 0.2) is 24.3 Å². The fraction of sp³-hybridized carbons (Fsp3) is 0.364. The molecule has 0 saturated heterocycles. The molecular formula is C11H13ClFNO. The van der Waals surface area contributed by atoms with Crippen LogP contribution in [-0.2, 0) is 4.79 Å². The van der Waals surface area contributed by atoms with E-state index < -0.39 is 5.38 Å². The third kappa shape index (κ3) is 3.51. The number of nitrogens with one attached hydrogen (secondary N) is 1. The largest absolute Gasteiger partial charge is 0.352 e. The van der Waals surface area contributed by atoms with E-state index in [4.69, 9.17) is 11.6 Å². The van der Waals surface area contributed by atoms with Gasteiger partial charge in [-0.2, -0.15) is 0 Å². The number of rotatable bonds is 3. The Hall–Kier alpha value is -1.09. The molecule has 0 saturated carbocycles. The monoisotopic (exact) mass is 229 g/mol. The van der Waals surface area contributed by atoms with Crippen LogP contribution in [0, 0.1) is 5.82 Å². The third-order valence-electron chi connectivity index (χ3n) is 1.82. The molecule has 0 radical (unpaired) electrons. The fourth-order valence-electron chi connectivity index (χ4n) is 1.14. The van der Waals surface area contributed by atoms with Gasteiger partial charge < -0.3 is 5.32 Å². The Morgan fingerprint density at radius 3 is 2.33 bits per heavy atom. The van der Waals surface area contributed by atoms with Gasteiger partial charge in [-0.1, -0.05) is 12.1 Å². The van der Waals surface area contributed by atoms with Crippen molar-refractivity contribution in [2.45, 2.75) is 25.3 Å². The zero-order valence-electron chi connectivity index (χ0n) is 8.63. The van der Waals surface area contributed by atoms with Crippen molar-refractivity contribution in [1.29, 1.82) is 0 Å². The zero-order chi connectivity index (χ0) is 11.4. The van der Waals surface area contributed by atoms with Gasteiger partial charge in [0.25, 0.3) is 0 Å². The Kier molecular flexibility index (Phi) is 4.09. The van der Waals surface area contributed by atoms with Crippen molar-refractivity contribution >= 4 is 17.5 Å². The van der Waals surface area contributed by atoms with Crippen molar-refractivity contribution in [3.05, 3.63) is 35.6 Å². The Morgan fingerprint density at radius 2 is 1.87 bits per heavy atom. The van der Waals surface area contributed by atoms with E-state index in [9.17, 15) is 9.18 Å². The zero-order valence-corrected chi connectivity index (χ0v) is 9.38. The summed E-state index contributed by atoms with van der Waals surface area (Å²) in [5, 5.41) is 1.92. The van der Waals surface area contributed by atoms with Crippen LogP contribution in [-0.4, -0.2) is 11.9 Å². The van der Waals surface area contributed by atoms with Crippen LogP contribution in [0.5, 0.6) is 0 Å². The van der Waals surface area contributed by atoms with Gasteiger partial charge in [0.1, 0.15) is 11.2 Å². The maximum Gasteiger partial charge on any atom is 0.242 e. The maximum absolute atomic E-state index is 12.6. The molecule has 4 heteroatoms. The van der Waals surface area contributed by atoms with Crippen molar-refractivity contribution < 1.29 is 9.18 Å². The SMILES string of the molecule is CC(C)NC(=O)C(Cl)c1ccc(F)cc1. The predicted octanol–water partition coefficient (Wildman–Crippen LogP) is 2.63. The molecule has 0 aliphatic heterocycles. The second-order valence-electron chi connectivity index (χ2n) is 3.58. The van der Waals surface area contributed by atoms with Gasteiger partial charge >= 0.3 is 0 Å². The first-order valence-corrected chi connectivity index (χ1v) is 5.14. The molecule has 0 aliphatic carbocycles. The molecule has 15 heavy (non-hydrogen) atoms. The van der Waals surface area contributed by atoms with E-state index in [2.05, 4.69) is 5.32 Å². The lowest BCUT2D eigenvalue weighted by atomic mass is 10.1. The molecule has 1 aromatic rings. The number of halogens is 2. The molecule has 0 bridgehead atoms. The van der Waals surface area contributed by atoms with Gasteiger partial charge in [-0.25, -0.2) is 4.39 Å². The second kappa shape index (κ2) is 5.12. The van der Waals surface area contributed by atoms with Crippen LogP contribution in [0.3, 0.4) is 0 Å². The quantitative estimate of drug-likeness (QED) is 0.794. The highest BCUT2D eigenvalue weighted by molar-refractivity contribution is 6.30. The third-order valence-corrected chi connectivity index (χ3v) is 2.27. The lowest BCUT2D eigenvalue weighted by Gasteiger charge is -2.13. The smallest absolute Gasteiger partial charge is 0.242 e. The van der Waals surface area contributed by atoms with Crippen molar-refractivity contribution in [1.82, 2.24) is 5.32 Å². The van der Waals surface area contributed by atoms with Gasteiger partial charge in [0.2, 0.25) is 5.91 Å². The Morgan fingerprint density at radius 1 is 1.33 bits per heavy atom. The topological polar surface area (TPSA) is 29.1 Å². The van der Waals surface area contributed by atoms with E-state index in [0.29, 0.717) is 5.56 Å². The summed E-state index contributed by atoms with van der Waals surface area (Å²) in [6.45, 7) is 3.71. The fourth-order valence-corrected chi connectivity index (χ4v) is 1.35. The number of alkyl halides is 1. The minimum atomic E-state index is -0.770. The summed E-state index contributed by atoms with van der Waals surface area (Å²) in [4.78, 5) is 11.5. The van der Waals surface area contributed by atoms with Gasteiger partial charge in [0.05, 0.1) is 0 Å². The summed E-state index contributed by atoms with van der Waals surface area (Å²) in [5.41, 5.74) is 0.594. The highest BCUT2D eigenvalue weighted by Gasteiger charge is 2.17. The summed E-state index contributed by atoms with van der Waals surface area (Å²) in [5.74, 6) is -0.606. The molecular weight excluding hydrogens is 217 g/mol. The van der Waals surface area contributed by atoms with Gasteiger partial charge in [0.15, 0.2) is 0 Å². The molecule has 0 spiro atoms. The highest BCUT2D eigenvalue weighted by atomic mass is 35.5. The first-order valence-electron chi connectivity index (χ1n) is 4.70. The van der Waals surface area contributed by atoms with E-state index in [0.717, 1.165) is 0 Å². The van der Waals surface area contributed by atoms with Crippen molar-refractivity contribution in [2.75, 3.05) is 0 Å². The molecule has 0 fully saturated rings. The minimum absolute atomic E-state index is 0.0409. The van der Waals surface area contributed by atoms with Gasteiger partial charge in [-0.15, -0.1) is 11.6 Å². The van der Waals surface area contributed by atoms with E-state index >= 15 is 0 Å². The normalized spacial score (nSPS) is 12.6. The number of hydrogen-bond donors (Lipinski definition) is 1. The van der Waals surface area contributed by atoms with Gasteiger partial charge in [0, 0.05) is 6.04 Å². The second-order valence-corrected chi connectivity index (χ2v) is 4.01. The predicted molar refractivity (Wildman–Crippen MR) is 58.3 cm³/mol. The van der Waals surface area contributed by atoms with Crippen molar-refractivity contribution in [3.8, 4) is 0 Å². The molecule has 0 aliphatic rings. The van der Waals surface area contributed by atoms with E-state index in [1.807, 2.05) is 13.8 Å². The maximum atomic E-state index is 12.6. The first-order chi connectivity index (χ1) is 7.00. The van der Waals surface area contributed by atoms with Crippen LogP contribution in [0.2, 0.25) is 0 Å². The average molecular weight is 230 g/mol. The molecule has 0 aromatic heterocycles. The van der Waals surface area contributed by atoms with Crippen molar-refractivity contribution in [3.63, 3.8) is 0 Å². The van der Waals surface area contributed by atoms with E-state index in [1.54, 1.807) is 0 Å². The Labute approximate surface area is 93.4 Å². The molecule has 1 unspecified atom stereocenters. The number of hydrogen-bond acceptors (Lipinski definition) is 1. The first kappa shape index (κ1) is 12.0. The molecule has 1 N–H and O–H groups in total. The molecule has 0 heterocycles. The summed E-state index contributed by atoms with van der Waals surface area (Å²) in [6, 6.07) is 5.62. The molecule has 2 nitrogen and oxygen atoms in total. The summed E-state index contributed by atoms with van der Waals surface area (Å²) in [6.07, 6.45) is 0. The average Bonchev–Trinajstić information content (AvgIpc) is 2.17. The van der Waals surface area contributed by atoms with Crippen LogP contribution in [0.25, 0.3) is 0 Å². The number of amides is 1. The number of carbonyl (C=O) groups is 1. The molecule has 82 valence electrons. The van der Waals surface area contributed by atoms with Crippen molar-refractivity contribution in [2.24, 2.45) is 0 Å². The molecule has 1 aromatic carbocycles. The van der Waals surface area contributed by atoms with Crippen LogP contribution in [0.1, 0.15) is 24.8 Å². The van der Waals surface area contributed by atoms with Gasteiger partial charge in [-0.3, -0.25) is 4.79 Å². The van der Waals surface area contributed by atoms with Crippen LogP contribution >= 0.6 is 11.6 Å². The lowest BCUT2D eigenvalue weighted by molar-refractivity contribution is -0.121. The molecule has 1 amide bonds. The number of benzene rings is 1. The van der Waals surface area contributed by atoms with Gasteiger partial charge in [-0.05, 0) is 31.5 Å². The Balaban J connectivity index is 2.71. The number of carbonyl (C=O) groups excluding carboxylic acids is 1. The lowest BCUT2D eigenvalue weighted by Crippen LogP contribution is -2.32. The molecule has 1 atom stereocenters. The summed E-state index contributed by atoms with van der Waals surface area (Å²) >= 11 is 5.92. The van der Waals surface area contributed by atoms with Crippen LogP contribution < -0.4 is 5.32 Å². The van der Waals surface area contributed by atoms with E-state index in [1.165, 1.54) is 24.3 Å². The molecule has 1 rings (SSSR count). The van der Waals surface area contributed by atoms with Crippen LogP contribution in [0.4, 0.5) is 4.39 Å². The highest BCUT2D eigenvalue weighted by Crippen LogP contribution is 2.20. The standard InChI is InChI=1S/C11H13ClFNO/c1-7(2)14-11(15)10(12)8-3-5-9(13)6-4-8/h3-7,10H,1-2H3,(H,14,15). The summed E-state index contributed by atoms with van der Waals surface area (Å²) < 4.78 is 12.6.